The average molecular weight is 260 g/mol. The Morgan fingerprint density at radius 1 is 1.32 bits per heavy atom. The maximum atomic E-state index is 10.4. The van der Waals surface area contributed by atoms with Gasteiger partial charge in [-0.3, -0.25) is 0 Å². The number of hydrogen-bond donors (Lipinski definition) is 2. The van der Waals surface area contributed by atoms with Gasteiger partial charge < -0.3 is 10.4 Å². The van der Waals surface area contributed by atoms with Crippen molar-refractivity contribution in [3.05, 3.63) is 23.9 Å². The Hall–Kier alpha value is -1.62. The van der Waals surface area contributed by atoms with E-state index in [0.717, 1.165) is 36.9 Å². The van der Waals surface area contributed by atoms with Crippen molar-refractivity contribution in [2.45, 2.75) is 44.6 Å². The lowest BCUT2D eigenvalue weighted by Crippen LogP contribution is -2.39. The molecular formula is C14H20N4O. The van der Waals surface area contributed by atoms with Gasteiger partial charge in [-0.1, -0.05) is 25.3 Å². The lowest BCUT2D eigenvalue weighted by atomic mass is 9.85. The lowest BCUT2D eigenvalue weighted by molar-refractivity contribution is 0.0166. The molecule has 0 spiro atoms. The molecule has 0 bridgehead atoms. The van der Waals surface area contributed by atoms with Gasteiger partial charge in [-0.25, -0.2) is 4.52 Å². The van der Waals surface area contributed by atoms with E-state index in [4.69, 9.17) is 0 Å². The quantitative estimate of drug-likeness (QED) is 0.887. The zero-order valence-corrected chi connectivity index (χ0v) is 11.3. The van der Waals surface area contributed by atoms with Crippen LogP contribution in [0.4, 0.5) is 5.95 Å². The lowest BCUT2D eigenvalue weighted by Gasteiger charge is -2.31. The smallest absolute Gasteiger partial charge is 0.243 e. The number of pyridine rings is 1. The SMILES string of the molecule is Cc1ccc2nc(NCC3(O)CCCCC3)nn2c1. The van der Waals surface area contributed by atoms with Crippen LogP contribution in [0.25, 0.3) is 5.65 Å². The summed E-state index contributed by atoms with van der Waals surface area (Å²) < 4.78 is 1.77. The summed E-state index contributed by atoms with van der Waals surface area (Å²) in [5.74, 6) is 0.588. The molecule has 102 valence electrons. The maximum absolute atomic E-state index is 10.4. The summed E-state index contributed by atoms with van der Waals surface area (Å²) in [5.41, 5.74) is 1.38. The van der Waals surface area contributed by atoms with Crippen LogP contribution >= 0.6 is 0 Å². The van der Waals surface area contributed by atoms with E-state index in [1.54, 1.807) is 4.52 Å². The fraction of sp³-hybridized carbons (Fsp3) is 0.571. The largest absolute Gasteiger partial charge is 0.388 e. The van der Waals surface area contributed by atoms with Crippen LogP contribution in [0.3, 0.4) is 0 Å². The molecule has 0 saturated heterocycles. The van der Waals surface area contributed by atoms with E-state index < -0.39 is 5.60 Å². The molecule has 0 unspecified atom stereocenters. The van der Waals surface area contributed by atoms with Crippen molar-refractivity contribution < 1.29 is 5.11 Å². The van der Waals surface area contributed by atoms with E-state index in [2.05, 4.69) is 15.4 Å². The van der Waals surface area contributed by atoms with Crippen LogP contribution in [-0.4, -0.2) is 31.9 Å². The van der Waals surface area contributed by atoms with Gasteiger partial charge in [0.1, 0.15) is 0 Å². The first-order valence-corrected chi connectivity index (χ1v) is 6.94. The minimum atomic E-state index is -0.592. The molecule has 1 fully saturated rings. The second-order valence-electron chi connectivity index (χ2n) is 5.58. The molecule has 19 heavy (non-hydrogen) atoms. The zero-order valence-electron chi connectivity index (χ0n) is 11.3. The Bertz CT molecular complexity index is 572. The van der Waals surface area contributed by atoms with Crippen molar-refractivity contribution in [2.24, 2.45) is 0 Å². The van der Waals surface area contributed by atoms with Crippen LogP contribution in [0, 0.1) is 6.92 Å². The number of aliphatic hydroxyl groups is 1. The van der Waals surface area contributed by atoms with Crippen LogP contribution in [0.15, 0.2) is 18.3 Å². The van der Waals surface area contributed by atoms with Gasteiger partial charge in [-0.15, -0.1) is 5.10 Å². The third-order valence-electron chi connectivity index (χ3n) is 3.84. The molecule has 1 aliphatic carbocycles. The molecule has 5 nitrogen and oxygen atoms in total. The summed E-state index contributed by atoms with van der Waals surface area (Å²) in [6.45, 7) is 2.56. The summed E-state index contributed by atoms with van der Waals surface area (Å²) >= 11 is 0. The molecule has 2 N–H and O–H groups in total. The van der Waals surface area contributed by atoms with Crippen molar-refractivity contribution in [3.63, 3.8) is 0 Å². The van der Waals surface area contributed by atoms with E-state index in [-0.39, 0.29) is 0 Å². The fourth-order valence-electron chi connectivity index (χ4n) is 2.69. The molecule has 3 rings (SSSR count). The van der Waals surface area contributed by atoms with Gasteiger partial charge in [0.05, 0.1) is 5.60 Å². The first-order valence-electron chi connectivity index (χ1n) is 6.94. The molecule has 2 heterocycles. The molecule has 0 radical (unpaired) electrons. The summed E-state index contributed by atoms with van der Waals surface area (Å²) in [6.07, 6.45) is 7.13. The number of nitrogens with one attached hydrogen (secondary N) is 1. The van der Waals surface area contributed by atoms with Gasteiger partial charge in [0.25, 0.3) is 0 Å². The molecule has 5 heteroatoms. The molecule has 1 aliphatic rings. The van der Waals surface area contributed by atoms with Gasteiger partial charge in [-0.05, 0) is 31.4 Å². The number of anilines is 1. The van der Waals surface area contributed by atoms with Crippen LogP contribution < -0.4 is 5.32 Å². The molecule has 2 aromatic rings. The molecule has 2 aromatic heterocycles. The number of aryl methyl sites for hydroxylation is 1. The Kier molecular flexibility index (Phi) is 3.14. The zero-order chi connectivity index (χ0) is 13.3. The summed E-state index contributed by atoms with van der Waals surface area (Å²) in [4.78, 5) is 4.40. The standard InChI is InChI=1S/C14H20N4O/c1-11-5-6-12-16-13(17-18(12)9-11)15-10-14(19)7-3-2-4-8-14/h5-6,9,19H,2-4,7-8,10H2,1H3,(H,15,17). The van der Waals surface area contributed by atoms with Crippen LogP contribution in [0.5, 0.6) is 0 Å². The average Bonchev–Trinajstić information content (AvgIpc) is 2.79. The van der Waals surface area contributed by atoms with Crippen molar-refractivity contribution in [3.8, 4) is 0 Å². The third-order valence-corrected chi connectivity index (χ3v) is 3.84. The molecule has 1 saturated carbocycles. The second kappa shape index (κ2) is 4.81. The van der Waals surface area contributed by atoms with E-state index in [1.165, 1.54) is 6.42 Å². The number of rotatable bonds is 3. The first kappa shape index (κ1) is 12.4. The molecule has 0 aliphatic heterocycles. The monoisotopic (exact) mass is 260 g/mol. The minimum absolute atomic E-state index is 0.531. The van der Waals surface area contributed by atoms with Crippen molar-refractivity contribution >= 4 is 11.6 Å². The minimum Gasteiger partial charge on any atom is -0.388 e. The highest BCUT2D eigenvalue weighted by atomic mass is 16.3. The van der Waals surface area contributed by atoms with Crippen LogP contribution in [0.1, 0.15) is 37.7 Å². The van der Waals surface area contributed by atoms with Crippen molar-refractivity contribution in [1.29, 1.82) is 0 Å². The van der Waals surface area contributed by atoms with Gasteiger partial charge in [0.2, 0.25) is 5.95 Å². The van der Waals surface area contributed by atoms with E-state index >= 15 is 0 Å². The van der Waals surface area contributed by atoms with Gasteiger partial charge in [0.15, 0.2) is 5.65 Å². The maximum Gasteiger partial charge on any atom is 0.243 e. The Morgan fingerprint density at radius 3 is 2.89 bits per heavy atom. The second-order valence-corrected chi connectivity index (χ2v) is 5.58. The van der Waals surface area contributed by atoms with Gasteiger partial charge in [-0.2, -0.15) is 4.98 Å². The first-order chi connectivity index (χ1) is 9.15. The predicted octanol–water partition coefficient (Wildman–Crippen LogP) is 2.14. The highest BCUT2D eigenvalue weighted by molar-refractivity contribution is 5.44. The Morgan fingerprint density at radius 2 is 2.11 bits per heavy atom. The third kappa shape index (κ3) is 2.71. The number of nitrogens with zero attached hydrogens (tertiary/aromatic N) is 3. The fourth-order valence-corrected chi connectivity index (χ4v) is 2.69. The number of hydrogen-bond acceptors (Lipinski definition) is 4. The van der Waals surface area contributed by atoms with E-state index in [0.29, 0.717) is 12.5 Å². The van der Waals surface area contributed by atoms with E-state index in [9.17, 15) is 5.11 Å². The van der Waals surface area contributed by atoms with E-state index in [1.807, 2.05) is 25.3 Å². The van der Waals surface area contributed by atoms with Gasteiger partial charge in [0, 0.05) is 12.7 Å². The molecular weight excluding hydrogens is 240 g/mol. The normalized spacial score (nSPS) is 18.6. The summed E-state index contributed by atoms with van der Waals surface area (Å²) in [6, 6.07) is 3.96. The predicted molar refractivity (Wildman–Crippen MR) is 74.2 cm³/mol. The van der Waals surface area contributed by atoms with Crippen molar-refractivity contribution in [2.75, 3.05) is 11.9 Å². The number of aromatic nitrogens is 3. The van der Waals surface area contributed by atoms with Crippen molar-refractivity contribution in [1.82, 2.24) is 14.6 Å². The summed E-state index contributed by atoms with van der Waals surface area (Å²) in [7, 11) is 0. The highest BCUT2D eigenvalue weighted by Gasteiger charge is 2.29. The van der Waals surface area contributed by atoms with Crippen LogP contribution in [0.2, 0.25) is 0 Å². The highest BCUT2D eigenvalue weighted by Crippen LogP contribution is 2.27. The van der Waals surface area contributed by atoms with Gasteiger partial charge >= 0.3 is 0 Å². The number of fused-ring (bicyclic) bond motifs is 1. The summed E-state index contributed by atoms with van der Waals surface area (Å²) in [5, 5.41) is 18.0. The molecule has 0 aromatic carbocycles. The van der Waals surface area contributed by atoms with Crippen LogP contribution in [-0.2, 0) is 0 Å². The topological polar surface area (TPSA) is 62.5 Å². The Balaban J connectivity index is 1.71. The molecule has 0 atom stereocenters. The molecule has 0 amide bonds. The Labute approximate surface area is 112 Å².